The fraction of sp³-hybridized carbons (Fsp3) is 0.263. The number of carbonyl (C=O) groups excluding carboxylic acids is 1. The molecule has 5 heteroatoms. The average Bonchev–Trinajstić information content (AvgIpc) is 3.30. The summed E-state index contributed by atoms with van der Waals surface area (Å²) in [7, 11) is 1.90. The third-order valence-electron chi connectivity index (χ3n) is 4.63. The summed E-state index contributed by atoms with van der Waals surface area (Å²) in [4.78, 5) is 20.8. The Bertz CT molecular complexity index is 869. The Balaban J connectivity index is 1.72. The van der Waals surface area contributed by atoms with Gasteiger partial charge in [0.25, 0.3) is 5.91 Å². The van der Waals surface area contributed by atoms with Crippen LogP contribution in [0.1, 0.15) is 16.1 Å². The molecule has 0 radical (unpaired) electrons. The van der Waals surface area contributed by atoms with E-state index in [0.29, 0.717) is 0 Å². The highest BCUT2D eigenvalue weighted by Crippen LogP contribution is 2.33. The minimum Gasteiger partial charge on any atom is -0.337 e. The summed E-state index contributed by atoms with van der Waals surface area (Å²) in [6.45, 7) is 1.86. The molecule has 1 aliphatic heterocycles. The van der Waals surface area contributed by atoms with Gasteiger partial charge in [-0.3, -0.25) is 4.79 Å². The molecule has 0 spiro atoms. The zero-order chi connectivity index (χ0) is 16.5. The van der Waals surface area contributed by atoms with Crippen molar-refractivity contribution in [2.45, 2.75) is 12.5 Å². The molecule has 4 rings (SSSR count). The standard InChI is InChI=1S/C19H19N3OS/c1-22(14-7-9-20-12-14)19(23)17-11-16-15(8-10-21-18(16)24-17)13-5-3-2-4-6-13/h2-6,8,10-11,14,20H,7,9,12H2,1H3. The van der Waals surface area contributed by atoms with E-state index in [0.717, 1.165) is 45.7 Å². The van der Waals surface area contributed by atoms with Gasteiger partial charge in [0.05, 0.1) is 4.88 Å². The summed E-state index contributed by atoms with van der Waals surface area (Å²) < 4.78 is 0. The second-order valence-corrected chi connectivity index (χ2v) is 7.15. The van der Waals surface area contributed by atoms with Crippen LogP contribution in [-0.2, 0) is 0 Å². The van der Waals surface area contributed by atoms with Crippen molar-refractivity contribution in [3.63, 3.8) is 0 Å². The number of pyridine rings is 1. The van der Waals surface area contributed by atoms with Crippen molar-refractivity contribution in [2.75, 3.05) is 20.1 Å². The quantitative estimate of drug-likeness (QED) is 0.797. The average molecular weight is 337 g/mol. The molecule has 1 saturated heterocycles. The fourth-order valence-corrected chi connectivity index (χ4v) is 4.23. The third kappa shape index (κ3) is 2.70. The van der Waals surface area contributed by atoms with Crippen LogP contribution in [-0.4, -0.2) is 42.0 Å². The van der Waals surface area contributed by atoms with Crippen LogP contribution in [0.5, 0.6) is 0 Å². The van der Waals surface area contributed by atoms with Gasteiger partial charge in [-0.2, -0.15) is 0 Å². The van der Waals surface area contributed by atoms with Crippen molar-refractivity contribution in [3.8, 4) is 11.1 Å². The highest BCUT2D eigenvalue weighted by Gasteiger charge is 2.25. The van der Waals surface area contributed by atoms with Gasteiger partial charge in [-0.1, -0.05) is 30.3 Å². The van der Waals surface area contributed by atoms with Crippen LogP contribution in [0.25, 0.3) is 21.3 Å². The van der Waals surface area contributed by atoms with Gasteiger partial charge in [-0.05, 0) is 36.2 Å². The van der Waals surface area contributed by atoms with E-state index < -0.39 is 0 Å². The number of carbonyl (C=O) groups is 1. The SMILES string of the molecule is CN(C(=O)c1cc2c(-c3ccccc3)ccnc2s1)C1CCNC1. The summed E-state index contributed by atoms with van der Waals surface area (Å²) in [6, 6.07) is 14.5. The number of rotatable bonds is 3. The molecule has 0 bridgehead atoms. The molecule has 3 aromatic rings. The molecule has 0 aliphatic carbocycles. The minimum atomic E-state index is 0.0886. The van der Waals surface area contributed by atoms with Crippen molar-refractivity contribution in [2.24, 2.45) is 0 Å². The molecular formula is C19H19N3OS. The number of benzene rings is 1. The number of hydrogen-bond acceptors (Lipinski definition) is 4. The summed E-state index contributed by atoms with van der Waals surface area (Å²) in [5.74, 6) is 0.0886. The number of nitrogens with one attached hydrogen (secondary N) is 1. The van der Waals surface area contributed by atoms with E-state index in [1.807, 2.05) is 48.5 Å². The Hall–Kier alpha value is -2.24. The molecule has 0 saturated carbocycles. The lowest BCUT2D eigenvalue weighted by Gasteiger charge is -2.22. The normalized spacial score (nSPS) is 17.3. The van der Waals surface area contributed by atoms with Crippen LogP contribution >= 0.6 is 11.3 Å². The maximum absolute atomic E-state index is 12.8. The molecule has 1 aromatic carbocycles. The van der Waals surface area contributed by atoms with E-state index in [1.165, 1.54) is 11.3 Å². The molecule has 1 N–H and O–H groups in total. The molecule has 1 aliphatic rings. The number of thiophene rings is 1. The van der Waals surface area contributed by atoms with Crippen molar-refractivity contribution in [1.82, 2.24) is 15.2 Å². The lowest BCUT2D eigenvalue weighted by molar-refractivity contribution is 0.0749. The number of amides is 1. The maximum atomic E-state index is 12.8. The predicted octanol–water partition coefficient (Wildman–Crippen LogP) is 3.40. The van der Waals surface area contributed by atoms with Gasteiger partial charge in [0.1, 0.15) is 4.83 Å². The summed E-state index contributed by atoms with van der Waals surface area (Å²) >= 11 is 1.48. The molecule has 3 heterocycles. The number of hydrogen-bond donors (Lipinski definition) is 1. The van der Waals surface area contributed by atoms with Crippen LogP contribution in [0, 0.1) is 0 Å². The molecule has 122 valence electrons. The van der Waals surface area contributed by atoms with Crippen LogP contribution in [0.2, 0.25) is 0 Å². The van der Waals surface area contributed by atoms with Crippen molar-refractivity contribution in [3.05, 3.63) is 53.5 Å². The zero-order valence-corrected chi connectivity index (χ0v) is 14.3. The van der Waals surface area contributed by atoms with Gasteiger partial charge in [-0.15, -0.1) is 11.3 Å². The molecule has 4 nitrogen and oxygen atoms in total. The van der Waals surface area contributed by atoms with E-state index in [9.17, 15) is 4.79 Å². The molecule has 1 fully saturated rings. The van der Waals surface area contributed by atoms with Gasteiger partial charge in [0.15, 0.2) is 0 Å². The minimum absolute atomic E-state index is 0.0886. The Morgan fingerprint density at radius 2 is 2.12 bits per heavy atom. The highest BCUT2D eigenvalue weighted by atomic mass is 32.1. The predicted molar refractivity (Wildman–Crippen MR) is 98.4 cm³/mol. The van der Waals surface area contributed by atoms with Crippen molar-refractivity contribution < 1.29 is 4.79 Å². The molecule has 24 heavy (non-hydrogen) atoms. The Labute approximate surface area is 145 Å². The van der Waals surface area contributed by atoms with E-state index >= 15 is 0 Å². The van der Waals surface area contributed by atoms with Gasteiger partial charge in [0, 0.05) is 31.2 Å². The molecule has 2 aromatic heterocycles. The van der Waals surface area contributed by atoms with Gasteiger partial charge < -0.3 is 10.2 Å². The Kier molecular flexibility index (Phi) is 4.04. The lowest BCUT2D eigenvalue weighted by atomic mass is 10.0. The first-order chi connectivity index (χ1) is 11.7. The first-order valence-corrected chi connectivity index (χ1v) is 8.97. The third-order valence-corrected chi connectivity index (χ3v) is 5.66. The van der Waals surface area contributed by atoms with Crippen LogP contribution < -0.4 is 5.32 Å². The number of nitrogens with zero attached hydrogens (tertiary/aromatic N) is 2. The number of likely N-dealkylation sites (N-methyl/N-ethyl adjacent to an activating group) is 1. The van der Waals surface area contributed by atoms with Gasteiger partial charge in [-0.25, -0.2) is 4.98 Å². The Morgan fingerprint density at radius 1 is 1.29 bits per heavy atom. The van der Waals surface area contributed by atoms with Crippen molar-refractivity contribution >= 4 is 27.5 Å². The first kappa shape index (κ1) is 15.3. The lowest BCUT2D eigenvalue weighted by Crippen LogP contribution is -2.37. The van der Waals surface area contributed by atoms with Crippen LogP contribution in [0.4, 0.5) is 0 Å². The summed E-state index contributed by atoms with van der Waals surface area (Å²) in [6.07, 6.45) is 2.83. The van der Waals surface area contributed by atoms with Crippen molar-refractivity contribution in [1.29, 1.82) is 0 Å². The fourth-order valence-electron chi connectivity index (χ4n) is 3.22. The number of fused-ring (bicyclic) bond motifs is 1. The monoisotopic (exact) mass is 337 g/mol. The van der Waals surface area contributed by atoms with Gasteiger partial charge in [0.2, 0.25) is 0 Å². The molecule has 1 atom stereocenters. The summed E-state index contributed by atoms with van der Waals surface area (Å²) in [5.41, 5.74) is 2.27. The molecule has 1 unspecified atom stereocenters. The van der Waals surface area contributed by atoms with E-state index in [-0.39, 0.29) is 11.9 Å². The zero-order valence-electron chi connectivity index (χ0n) is 13.5. The second-order valence-electron chi connectivity index (χ2n) is 6.12. The van der Waals surface area contributed by atoms with E-state index in [2.05, 4.69) is 22.4 Å². The molecular weight excluding hydrogens is 318 g/mol. The topological polar surface area (TPSA) is 45.2 Å². The maximum Gasteiger partial charge on any atom is 0.264 e. The highest BCUT2D eigenvalue weighted by molar-refractivity contribution is 7.20. The van der Waals surface area contributed by atoms with Gasteiger partial charge >= 0.3 is 0 Å². The summed E-state index contributed by atoms with van der Waals surface area (Å²) in [5, 5.41) is 4.36. The smallest absolute Gasteiger partial charge is 0.264 e. The Morgan fingerprint density at radius 3 is 2.88 bits per heavy atom. The van der Waals surface area contributed by atoms with E-state index in [4.69, 9.17) is 0 Å². The second kappa shape index (κ2) is 6.34. The number of aromatic nitrogens is 1. The van der Waals surface area contributed by atoms with Crippen LogP contribution in [0.3, 0.4) is 0 Å². The van der Waals surface area contributed by atoms with E-state index in [1.54, 1.807) is 0 Å². The molecule has 1 amide bonds. The largest absolute Gasteiger partial charge is 0.337 e. The van der Waals surface area contributed by atoms with Crippen LogP contribution in [0.15, 0.2) is 48.7 Å². The first-order valence-electron chi connectivity index (χ1n) is 8.16.